The fourth-order valence-corrected chi connectivity index (χ4v) is 3.30. The maximum absolute atomic E-state index is 6.00. The summed E-state index contributed by atoms with van der Waals surface area (Å²) in [5.41, 5.74) is 6.58. The first kappa shape index (κ1) is 11.4. The summed E-state index contributed by atoms with van der Waals surface area (Å²) in [5, 5.41) is 3.41. The highest BCUT2D eigenvalue weighted by Crippen LogP contribution is 2.61. The van der Waals surface area contributed by atoms with E-state index < -0.39 is 0 Å². The van der Waals surface area contributed by atoms with E-state index in [-0.39, 0.29) is 0 Å². The average molecular weight is 235 g/mol. The molecule has 0 aromatic heterocycles. The van der Waals surface area contributed by atoms with Gasteiger partial charge in [-0.15, -0.1) is 0 Å². The van der Waals surface area contributed by atoms with Gasteiger partial charge in [-0.3, -0.25) is 4.99 Å². The van der Waals surface area contributed by atoms with Crippen molar-refractivity contribution in [2.45, 2.75) is 63.8 Å². The highest BCUT2D eigenvalue weighted by Gasteiger charge is 2.53. The van der Waals surface area contributed by atoms with Gasteiger partial charge >= 0.3 is 0 Å². The Morgan fingerprint density at radius 2 is 1.82 bits per heavy atom. The highest BCUT2D eigenvalue weighted by atomic mass is 15.1. The number of aliphatic imine (C=N–C) groups is 1. The topological polar surface area (TPSA) is 50.4 Å². The van der Waals surface area contributed by atoms with Crippen molar-refractivity contribution in [3.05, 3.63) is 0 Å². The van der Waals surface area contributed by atoms with Crippen molar-refractivity contribution in [2.24, 2.45) is 22.1 Å². The molecule has 3 aliphatic rings. The van der Waals surface area contributed by atoms with Crippen LogP contribution in [0.1, 0.15) is 57.8 Å². The first-order chi connectivity index (χ1) is 8.28. The van der Waals surface area contributed by atoms with Gasteiger partial charge in [0.15, 0.2) is 5.96 Å². The second kappa shape index (κ2) is 4.51. The molecule has 3 heteroatoms. The molecule has 3 nitrogen and oxygen atoms in total. The van der Waals surface area contributed by atoms with E-state index in [1.165, 1.54) is 57.8 Å². The Morgan fingerprint density at radius 1 is 1.12 bits per heavy atom. The van der Waals surface area contributed by atoms with Gasteiger partial charge in [-0.05, 0) is 49.9 Å². The van der Waals surface area contributed by atoms with Gasteiger partial charge in [0, 0.05) is 12.6 Å². The Balaban J connectivity index is 1.46. The van der Waals surface area contributed by atoms with Crippen LogP contribution in [0.25, 0.3) is 0 Å². The predicted octanol–water partition coefficient (Wildman–Crippen LogP) is 2.41. The first-order valence-electron chi connectivity index (χ1n) is 7.35. The summed E-state index contributed by atoms with van der Waals surface area (Å²) in [6, 6.07) is 0.587. The SMILES string of the molecule is NC(=NCC1(C2CC2)CC1)NC1CCCCC1. The Kier molecular flexibility index (Phi) is 3.01. The molecule has 3 rings (SSSR count). The van der Waals surface area contributed by atoms with Crippen molar-refractivity contribution in [1.82, 2.24) is 5.32 Å². The summed E-state index contributed by atoms with van der Waals surface area (Å²) in [7, 11) is 0. The fourth-order valence-electron chi connectivity index (χ4n) is 3.30. The smallest absolute Gasteiger partial charge is 0.188 e. The molecular formula is C14H25N3. The highest BCUT2D eigenvalue weighted by molar-refractivity contribution is 5.78. The maximum Gasteiger partial charge on any atom is 0.188 e. The van der Waals surface area contributed by atoms with Crippen LogP contribution in [0, 0.1) is 11.3 Å². The molecule has 0 aromatic carbocycles. The third-order valence-electron chi connectivity index (χ3n) is 4.86. The van der Waals surface area contributed by atoms with E-state index in [1.807, 2.05) is 0 Å². The number of hydrogen-bond donors (Lipinski definition) is 2. The summed E-state index contributed by atoms with van der Waals surface area (Å²) in [6.45, 7) is 0.975. The lowest BCUT2D eigenvalue weighted by Gasteiger charge is -2.23. The number of nitrogens with two attached hydrogens (primary N) is 1. The van der Waals surface area contributed by atoms with Gasteiger partial charge in [0.25, 0.3) is 0 Å². The molecule has 0 aliphatic heterocycles. The fraction of sp³-hybridized carbons (Fsp3) is 0.929. The Morgan fingerprint density at radius 3 is 2.41 bits per heavy atom. The minimum atomic E-state index is 0.582. The quantitative estimate of drug-likeness (QED) is 0.581. The maximum atomic E-state index is 6.00. The lowest BCUT2D eigenvalue weighted by molar-refractivity contribution is 0.410. The molecule has 0 saturated heterocycles. The molecule has 0 spiro atoms. The van der Waals surface area contributed by atoms with Crippen LogP contribution < -0.4 is 11.1 Å². The molecule has 96 valence electrons. The Labute approximate surface area is 104 Å². The van der Waals surface area contributed by atoms with E-state index in [0.29, 0.717) is 17.4 Å². The van der Waals surface area contributed by atoms with Crippen molar-refractivity contribution >= 4 is 5.96 Å². The molecule has 3 N–H and O–H groups in total. The molecule has 0 radical (unpaired) electrons. The van der Waals surface area contributed by atoms with E-state index in [4.69, 9.17) is 5.73 Å². The van der Waals surface area contributed by atoms with Gasteiger partial charge in [-0.1, -0.05) is 19.3 Å². The van der Waals surface area contributed by atoms with Crippen LogP contribution in [-0.4, -0.2) is 18.5 Å². The lowest BCUT2D eigenvalue weighted by atomic mass is 9.96. The molecule has 0 heterocycles. The van der Waals surface area contributed by atoms with E-state index >= 15 is 0 Å². The molecule has 3 aliphatic carbocycles. The van der Waals surface area contributed by atoms with Crippen LogP contribution in [0.2, 0.25) is 0 Å². The number of hydrogen-bond acceptors (Lipinski definition) is 1. The molecule has 17 heavy (non-hydrogen) atoms. The van der Waals surface area contributed by atoms with Gasteiger partial charge in [-0.2, -0.15) is 0 Å². The van der Waals surface area contributed by atoms with Crippen LogP contribution >= 0.6 is 0 Å². The first-order valence-corrected chi connectivity index (χ1v) is 7.35. The molecule has 0 bridgehead atoms. The third kappa shape index (κ3) is 2.75. The minimum absolute atomic E-state index is 0.582. The number of guanidine groups is 1. The van der Waals surface area contributed by atoms with Crippen molar-refractivity contribution in [3.63, 3.8) is 0 Å². The van der Waals surface area contributed by atoms with Gasteiger partial charge in [0.2, 0.25) is 0 Å². The Hall–Kier alpha value is -0.730. The molecule has 0 atom stereocenters. The zero-order chi connectivity index (χ0) is 11.7. The van der Waals surface area contributed by atoms with Crippen LogP contribution in [0.15, 0.2) is 4.99 Å². The van der Waals surface area contributed by atoms with Crippen molar-refractivity contribution < 1.29 is 0 Å². The summed E-state index contributed by atoms with van der Waals surface area (Å²) in [6.07, 6.45) is 12.3. The normalized spacial score (nSPS) is 29.1. The van der Waals surface area contributed by atoms with Gasteiger partial charge < -0.3 is 11.1 Å². The monoisotopic (exact) mass is 235 g/mol. The van der Waals surface area contributed by atoms with Crippen LogP contribution in [0.4, 0.5) is 0 Å². The number of rotatable bonds is 4. The van der Waals surface area contributed by atoms with Crippen LogP contribution in [0.3, 0.4) is 0 Å². The van der Waals surface area contributed by atoms with E-state index in [0.717, 1.165) is 12.5 Å². The van der Waals surface area contributed by atoms with E-state index in [9.17, 15) is 0 Å². The summed E-state index contributed by atoms with van der Waals surface area (Å²) < 4.78 is 0. The predicted molar refractivity (Wildman–Crippen MR) is 70.9 cm³/mol. The summed E-state index contributed by atoms with van der Waals surface area (Å²) >= 11 is 0. The molecule has 3 fully saturated rings. The van der Waals surface area contributed by atoms with Gasteiger partial charge in [0.05, 0.1) is 0 Å². The van der Waals surface area contributed by atoms with Crippen molar-refractivity contribution in [3.8, 4) is 0 Å². The number of nitrogens with one attached hydrogen (secondary N) is 1. The minimum Gasteiger partial charge on any atom is -0.370 e. The zero-order valence-corrected chi connectivity index (χ0v) is 10.8. The van der Waals surface area contributed by atoms with E-state index in [1.54, 1.807) is 0 Å². The zero-order valence-electron chi connectivity index (χ0n) is 10.8. The van der Waals surface area contributed by atoms with Gasteiger partial charge in [-0.25, -0.2) is 0 Å². The summed E-state index contributed by atoms with van der Waals surface area (Å²) in [4.78, 5) is 4.60. The summed E-state index contributed by atoms with van der Waals surface area (Å²) in [5.74, 6) is 1.68. The molecule has 0 aromatic rings. The number of nitrogens with zero attached hydrogens (tertiary/aromatic N) is 1. The molecule has 3 saturated carbocycles. The average Bonchev–Trinajstić information content (AvgIpc) is 3.20. The van der Waals surface area contributed by atoms with Crippen LogP contribution in [0.5, 0.6) is 0 Å². The molecule has 0 amide bonds. The third-order valence-corrected chi connectivity index (χ3v) is 4.86. The second-order valence-corrected chi connectivity index (χ2v) is 6.32. The second-order valence-electron chi connectivity index (χ2n) is 6.32. The van der Waals surface area contributed by atoms with Crippen LogP contribution in [-0.2, 0) is 0 Å². The van der Waals surface area contributed by atoms with Gasteiger partial charge in [0.1, 0.15) is 0 Å². The largest absolute Gasteiger partial charge is 0.370 e. The lowest BCUT2D eigenvalue weighted by Crippen LogP contribution is -2.41. The standard InChI is InChI=1S/C14H25N3/c15-13(17-12-4-2-1-3-5-12)16-10-14(8-9-14)11-6-7-11/h11-12H,1-10H2,(H3,15,16,17). The van der Waals surface area contributed by atoms with E-state index in [2.05, 4.69) is 10.3 Å². The van der Waals surface area contributed by atoms with Crippen molar-refractivity contribution in [1.29, 1.82) is 0 Å². The molecular weight excluding hydrogens is 210 g/mol. The Bertz CT molecular complexity index is 297. The molecule has 0 unspecified atom stereocenters. The van der Waals surface area contributed by atoms with Crippen molar-refractivity contribution in [2.75, 3.05) is 6.54 Å².